The van der Waals surface area contributed by atoms with Gasteiger partial charge in [-0.25, -0.2) is 18.3 Å². The third kappa shape index (κ3) is 8.99. The summed E-state index contributed by atoms with van der Waals surface area (Å²) in [4.78, 5) is 46.1. The van der Waals surface area contributed by atoms with Gasteiger partial charge < -0.3 is 15.5 Å². The van der Waals surface area contributed by atoms with Gasteiger partial charge in [-0.05, 0) is 123 Å². The molecule has 0 aliphatic carbocycles. The van der Waals surface area contributed by atoms with Crippen LogP contribution in [0, 0.1) is 11.6 Å². The van der Waals surface area contributed by atoms with Crippen LogP contribution in [0.5, 0.6) is 0 Å². The van der Waals surface area contributed by atoms with Gasteiger partial charge in [-0.3, -0.25) is 24.6 Å². The minimum Gasteiger partial charge on any atom is -0.374 e. The van der Waals surface area contributed by atoms with Crippen molar-refractivity contribution < 1.29 is 23.2 Å². The highest BCUT2D eigenvalue weighted by molar-refractivity contribution is 6.01. The van der Waals surface area contributed by atoms with Crippen LogP contribution < -0.4 is 20.9 Å². The third-order valence-electron chi connectivity index (χ3n) is 11.6. The van der Waals surface area contributed by atoms with E-state index in [0.717, 1.165) is 76.0 Å². The molecule has 3 fully saturated rings. The van der Waals surface area contributed by atoms with E-state index < -0.39 is 11.6 Å². The van der Waals surface area contributed by atoms with Crippen molar-refractivity contribution in [2.75, 3.05) is 36.4 Å². The van der Waals surface area contributed by atoms with Crippen molar-refractivity contribution in [3.05, 3.63) is 125 Å². The van der Waals surface area contributed by atoms with Crippen molar-refractivity contribution >= 4 is 34.9 Å². The zero-order valence-corrected chi connectivity index (χ0v) is 31.9. The number of nitrogens with zero attached hydrogens (tertiary/aromatic N) is 5. The number of imide groups is 1. The lowest BCUT2D eigenvalue weighted by molar-refractivity contribution is -0.133. The second kappa shape index (κ2) is 17.2. The molecule has 2 aromatic heterocycles. The predicted octanol–water partition coefficient (Wildman–Crippen LogP) is 6.70. The summed E-state index contributed by atoms with van der Waals surface area (Å²) in [7, 11) is 0. The summed E-state index contributed by atoms with van der Waals surface area (Å²) in [5.41, 5.74) is 5.92. The van der Waals surface area contributed by atoms with Crippen molar-refractivity contribution in [3.8, 4) is 0 Å². The van der Waals surface area contributed by atoms with E-state index in [1.807, 2.05) is 17.0 Å². The number of carbonyl (C=O) groups is 3. The van der Waals surface area contributed by atoms with E-state index in [0.29, 0.717) is 60.9 Å². The fraction of sp³-hybridized carbons (Fsp3) is 0.386. The van der Waals surface area contributed by atoms with Crippen molar-refractivity contribution in [2.45, 2.75) is 82.3 Å². The van der Waals surface area contributed by atoms with E-state index in [4.69, 9.17) is 4.98 Å². The molecule has 296 valence electrons. The Hall–Kier alpha value is -5.69. The Balaban J connectivity index is 0.776. The van der Waals surface area contributed by atoms with Crippen LogP contribution in [0.1, 0.15) is 95.9 Å². The van der Waals surface area contributed by atoms with Crippen molar-refractivity contribution in [1.29, 1.82) is 0 Å². The van der Waals surface area contributed by atoms with Crippen LogP contribution in [0.2, 0.25) is 0 Å². The first kappa shape index (κ1) is 38.2. The predicted molar refractivity (Wildman–Crippen MR) is 214 cm³/mol. The number of piperidine rings is 2. The summed E-state index contributed by atoms with van der Waals surface area (Å²) in [5, 5.41) is 13.0. The number of hydrogen-bond donors (Lipinski definition) is 3. The lowest BCUT2D eigenvalue weighted by Crippen LogP contribution is -2.47. The van der Waals surface area contributed by atoms with E-state index in [1.165, 1.54) is 29.0 Å². The molecule has 8 rings (SSSR count). The zero-order valence-electron chi connectivity index (χ0n) is 31.9. The van der Waals surface area contributed by atoms with Gasteiger partial charge >= 0.3 is 0 Å². The minimum atomic E-state index is -0.474. The number of hydrogen-bond acceptors (Lipinski definition) is 8. The Labute approximate surface area is 330 Å². The molecule has 11 nitrogen and oxygen atoms in total. The Bertz CT molecular complexity index is 2240. The highest BCUT2D eigenvalue weighted by Gasteiger charge is 2.31. The van der Waals surface area contributed by atoms with Gasteiger partial charge in [-0.1, -0.05) is 36.4 Å². The van der Waals surface area contributed by atoms with Crippen molar-refractivity contribution in [3.63, 3.8) is 0 Å². The first-order valence-corrected chi connectivity index (χ1v) is 20.1. The number of rotatable bonds is 13. The molecule has 5 aromatic rings. The van der Waals surface area contributed by atoms with Gasteiger partial charge in [0.1, 0.15) is 29.1 Å². The number of unbranched alkanes of at least 4 members (excludes halogenated alkanes) is 1. The minimum absolute atomic E-state index is 0.210. The van der Waals surface area contributed by atoms with E-state index in [2.05, 4.69) is 62.3 Å². The number of aryl methyl sites for hydroxylation is 1. The maximum atomic E-state index is 14.7. The lowest BCUT2D eigenvalue weighted by atomic mass is 9.89. The van der Waals surface area contributed by atoms with Gasteiger partial charge in [0.05, 0.1) is 12.2 Å². The van der Waals surface area contributed by atoms with Crippen LogP contribution in [-0.2, 0) is 22.6 Å². The normalized spacial score (nSPS) is 19.2. The molecule has 3 aromatic carbocycles. The summed E-state index contributed by atoms with van der Waals surface area (Å²) < 4.78 is 30.3. The van der Waals surface area contributed by atoms with E-state index in [1.54, 1.807) is 16.8 Å². The number of nitrogens with one attached hydrogen (secondary N) is 3. The Kier molecular flexibility index (Phi) is 11.5. The average molecular weight is 775 g/mol. The summed E-state index contributed by atoms with van der Waals surface area (Å²) in [6, 6.07) is 21.8. The molecule has 3 N–H and O–H groups in total. The summed E-state index contributed by atoms with van der Waals surface area (Å²) in [5.74, 6) is -0.528. The molecule has 0 spiro atoms. The molecule has 3 aliphatic rings. The second-order valence-electron chi connectivity index (χ2n) is 15.5. The average Bonchev–Trinajstić information content (AvgIpc) is 3.88. The number of benzene rings is 3. The zero-order chi connectivity index (χ0) is 39.3. The number of amides is 3. The maximum absolute atomic E-state index is 14.7. The van der Waals surface area contributed by atoms with Gasteiger partial charge in [0, 0.05) is 43.5 Å². The molecule has 3 amide bonds. The quantitative estimate of drug-likeness (QED) is 0.0893. The molecule has 57 heavy (non-hydrogen) atoms. The lowest BCUT2D eigenvalue weighted by Gasteiger charge is -2.32. The van der Waals surface area contributed by atoms with Crippen LogP contribution in [0.25, 0.3) is 5.65 Å². The number of aromatic nitrogens is 3. The number of halogens is 2. The number of anilines is 2. The topological polar surface area (TPSA) is 124 Å². The van der Waals surface area contributed by atoms with E-state index in [-0.39, 0.29) is 29.8 Å². The summed E-state index contributed by atoms with van der Waals surface area (Å²) >= 11 is 0. The summed E-state index contributed by atoms with van der Waals surface area (Å²) in [6.07, 6.45) is 10.5. The standard InChI is InChI=1S/C44H48F2N8O3/c45-33-11-14-37(46)35(26-33)39-8-4-21-53(39)40-19-24-54-42(50-40)36(27-48-54)43(56)47-20-2-1-5-29-6-3-7-30(25-29)28-52-22-17-32(18-23-52)31-9-12-34(13-10-31)49-38-15-16-41(55)51-44(38)57/h3,6-7,9-14,19,24-27,32,38-39,49H,1-2,4-5,8,15-18,20-23,28H2,(H,47,56)(H,51,55,57)/t38?,39-/m1/s1. The van der Waals surface area contributed by atoms with Crippen LogP contribution in [0.3, 0.4) is 0 Å². The molecule has 0 bridgehead atoms. The highest BCUT2D eigenvalue weighted by Crippen LogP contribution is 2.37. The molecule has 2 atom stereocenters. The third-order valence-corrected chi connectivity index (χ3v) is 11.6. The first-order valence-electron chi connectivity index (χ1n) is 20.1. The van der Waals surface area contributed by atoms with Gasteiger partial charge in [0.15, 0.2) is 5.65 Å². The molecule has 0 radical (unpaired) electrons. The highest BCUT2D eigenvalue weighted by atomic mass is 19.1. The van der Waals surface area contributed by atoms with Crippen molar-refractivity contribution in [2.24, 2.45) is 0 Å². The first-order chi connectivity index (χ1) is 27.8. The Morgan fingerprint density at radius 1 is 0.895 bits per heavy atom. The Morgan fingerprint density at radius 3 is 2.54 bits per heavy atom. The van der Waals surface area contributed by atoms with Crippen LogP contribution in [0.15, 0.2) is 85.2 Å². The number of carbonyl (C=O) groups excluding carboxylic acids is 3. The molecule has 1 unspecified atom stereocenters. The SMILES string of the molecule is O=C1CCC(Nc2ccc(C3CCN(Cc4cccc(CCCCNC(=O)c5cnn6ccc(N7CCC[C@@H]7c7cc(F)ccc7F)nc56)c4)CC3)cc2)C(=O)N1. The fourth-order valence-electron chi connectivity index (χ4n) is 8.52. The smallest absolute Gasteiger partial charge is 0.256 e. The molecular formula is C44H48F2N8O3. The molecule has 13 heteroatoms. The molecule has 0 saturated carbocycles. The molecule has 3 saturated heterocycles. The van der Waals surface area contributed by atoms with E-state index in [9.17, 15) is 23.2 Å². The maximum Gasteiger partial charge on any atom is 0.256 e. The van der Waals surface area contributed by atoms with Crippen LogP contribution >= 0.6 is 0 Å². The molecule has 5 heterocycles. The molecule has 3 aliphatic heterocycles. The van der Waals surface area contributed by atoms with Gasteiger partial charge in [-0.15, -0.1) is 0 Å². The summed E-state index contributed by atoms with van der Waals surface area (Å²) in [6.45, 7) is 4.15. The largest absolute Gasteiger partial charge is 0.374 e. The van der Waals surface area contributed by atoms with Crippen LogP contribution in [-0.4, -0.2) is 69.4 Å². The van der Waals surface area contributed by atoms with Gasteiger partial charge in [-0.2, -0.15) is 5.10 Å². The van der Waals surface area contributed by atoms with Gasteiger partial charge in [0.2, 0.25) is 11.8 Å². The monoisotopic (exact) mass is 774 g/mol. The van der Waals surface area contributed by atoms with Gasteiger partial charge in [0.25, 0.3) is 5.91 Å². The van der Waals surface area contributed by atoms with Crippen LogP contribution in [0.4, 0.5) is 20.3 Å². The van der Waals surface area contributed by atoms with Crippen molar-refractivity contribution in [1.82, 2.24) is 30.1 Å². The number of likely N-dealkylation sites (tertiary alicyclic amines) is 1. The molecular weight excluding hydrogens is 727 g/mol. The Morgan fingerprint density at radius 2 is 1.72 bits per heavy atom. The fourth-order valence-corrected chi connectivity index (χ4v) is 8.52. The van der Waals surface area contributed by atoms with E-state index >= 15 is 0 Å². The second-order valence-corrected chi connectivity index (χ2v) is 15.5. The number of fused-ring (bicyclic) bond motifs is 1.